The first-order valence-corrected chi connectivity index (χ1v) is 10.7. The fourth-order valence-corrected chi connectivity index (χ4v) is 4.75. The van der Waals surface area contributed by atoms with E-state index in [9.17, 15) is 35.5 Å². The van der Waals surface area contributed by atoms with E-state index in [1.807, 2.05) is 0 Å². The van der Waals surface area contributed by atoms with Crippen LogP contribution in [0, 0.1) is 5.82 Å². The second-order valence-electron chi connectivity index (χ2n) is 8.27. The van der Waals surface area contributed by atoms with Crippen LogP contribution >= 0.6 is 23.2 Å². The number of hydrogen-bond acceptors (Lipinski definition) is 5. The van der Waals surface area contributed by atoms with Crippen LogP contribution in [0.1, 0.15) is 22.3 Å². The van der Waals surface area contributed by atoms with E-state index in [2.05, 4.69) is 5.16 Å². The highest BCUT2D eigenvalue weighted by atomic mass is 35.5. The first-order chi connectivity index (χ1) is 16.7. The normalized spacial score (nSPS) is 22.6. The number of rotatable bonds is 2. The monoisotopic (exact) mass is 558 g/mol. The van der Waals surface area contributed by atoms with Crippen LogP contribution in [0.2, 0.25) is 10.0 Å². The van der Waals surface area contributed by atoms with Gasteiger partial charge in [0.25, 0.3) is 5.90 Å². The van der Waals surface area contributed by atoms with Crippen LogP contribution in [0.4, 0.5) is 30.7 Å². The van der Waals surface area contributed by atoms with Crippen molar-refractivity contribution >= 4 is 35.0 Å². The van der Waals surface area contributed by atoms with E-state index in [1.54, 1.807) is 0 Å². The fourth-order valence-electron chi connectivity index (χ4n) is 4.26. The highest BCUT2D eigenvalue weighted by molar-refractivity contribution is 6.35. The number of carbonyl (C=O) groups is 1. The minimum Gasteiger partial charge on any atom is -0.419 e. The third-order valence-electron chi connectivity index (χ3n) is 6.00. The number of hydrogen-bond donors (Lipinski definition) is 0. The fraction of sp³-hybridized carbons (Fsp3) is 0.333. The van der Waals surface area contributed by atoms with Gasteiger partial charge in [0.1, 0.15) is 5.60 Å². The lowest BCUT2D eigenvalue weighted by Crippen LogP contribution is -2.63. The summed E-state index contributed by atoms with van der Waals surface area (Å²) in [5, 5.41) is 2.03. The van der Waals surface area contributed by atoms with Gasteiger partial charge in [-0.1, -0.05) is 29.3 Å². The summed E-state index contributed by atoms with van der Waals surface area (Å²) in [4.78, 5) is 16.7. The zero-order valence-corrected chi connectivity index (χ0v) is 18.9. The van der Waals surface area contributed by atoms with Gasteiger partial charge < -0.3 is 19.2 Å². The molecule has 1 unspecified atom stereocenters. The second-order valence-corrected chi connectivity index (χ2v) is 9.09. The number of fused-ring (bicyclic) bond motifs is 2. The van der Waals surface area contributed by atoms with Gasteiger partial charge in [-0.25, -0.2) is 4.39 Å². The highest BCUT2D eigenvalue weighted by Gasteiger charge is 2.66. The lowest BCUT2D eigenvalue weighted by molar-refractivity contribution is -0.352. The highest BCUT2D eigenvalue weighted by Crippen LogP contribution is 2.49. The van der Waals surface area contributed by atoms with Crippen LogP contribution in [0.5, 0.6) is 0 Å². The molecule has 2 aromatic rings. The molecule has 3 aliphatic rings. The molecule has 6 nitrogen and oxygen atoms in total. The van der Waals surface area contributed by atoms with Crippen molar-refractivity contribution in [1.29, 1.82) is 0 Å². The minimum absolute atomic E-state index is 0.0439. The topological polar surface area (TPSA) is 60.4 Å². The van der Waals surface area contributed by atoms with Crippen LogP contribution in [-0.4, -0.2) is 42.1 Å². The molecule has 2 aromatic carbocycles. The lowest BCUT2D eigenvalue weighted by atomic mass is 9.84. The lowest BCUT2D eigenvalue weighted by Gasteiger charge is -2.47. The average Bonchev–Trinajstić information content (AvgIpc) is 3.37. The number of likely N-dealkylation sites (tertiary alicyclic amines) is 1. The Kier molecular flexibility index (Phi) is 5.44. The Hall–Kier alpha value is -2.77. The summed E-state index contributed by atoms with van der Waals surface area (Å²) >= 11 is 11.3. The summed E-state index contributed by atoms with van der Waals surface area (Å²) < 4.78 is 105. The second kappa shape index (κ2) is 7.86. The number of ether oxygens (including phenoxy) is 2. The SMILES string of the molecule is O=C(N1CC2(C1)OCc1cc(C3=NOC(c4cc(Cl)c(F)c(Cl)c4)(C(F)(F)F)O3)ccc12)C(F)(F)F. The van der Waals surface area contributed by atoms with Gasteiger partial charge in [-0.05, 0) is 40.5 Å². The zero-order chi connectivity index (χ0) is 26.3. The molecular weight excluding hydrogens is 548 g/mol. The number of nitrogens with zero attached hydrogens (tertiary/aromatic N) is 2. The first kappa shape index (κ1) is 24.9. The smallest absolute Gasteiger partial charge is 0.419 e. The molecule has 0 bridgehead atoms. The van der Waals surface area contributed by atoms with Crippen molar-refractivity contribution in [3.8, 4) is 0 Å². The maximum Gasteiger partial charge on any atom is 0.475 e. The van der Waals surface area contributed by atoms with Gasteiger partial charge >= 0.3 is 24.0 Å². The molecular formula is C21H11Cl2F7N2O4. The van der Waals surface area contributed by atoms with Crippen LogP contribution in [0.3, 0.4) is 0 Å². The molecule has 5 rings (SSSR count). The molecule has 192 valence electrons. The molecule has 1 amide bonds. The Morgan fingerprint density at radius 1 is 1.03 bits per heavy atom. The molecule has 0 radical (unpaired) electrons. The Morgan fingerprint density at radius 2 is 1.67 bits per heavy atom. The van der Waals surface area contributed by atoms with E-state index in [4.69, 9.17) is 37.5 Å². The average molecular weight is 559 g/mol. The number of oxime groups is 1. The standard InChI is InChI=1S/C21H11Cl2F7N2O4/c22-13-4-11(5-14(23)15(13)24)19(21(28,29)30)35-16(31-36-19)9-1-2-12-10(3-9)6-34-18(12)7-32(8-18)17(33)20(25,26)27/h1-5H,6-8H2. The van der Waals surface area contributed by atoms with Crippen molar-refractivity contribution in [1.82, 2.24) is 4.90 Å². The van der Waals surface area contributed by atoms with Crippen LogP contribution < -0.4 is 0 Å². The van der Waals surface area contributed by atoms with Crippen molar-refractivity contribution in [2.75, 3.05) is 13.1 Å². The molecule has 3 aliphatic heterocycles. The predicted octanol–water partition coefficient (Wildman–Crippen LogP) is 5.39. The van der Waals surface area contributed by atoms with Crippen molar-refractivity contribution in [2.24, 2.45) is 5.16 Å². The van der Waals surface area contributed by atoms with Gasteiger partial charge in [0.15, 0.2) is 5.82 Å². The van der Waals surface area contributed by atoms with E-state index in [0.29, 0.717) is 28.2 Å². The number of amides is 1. The molecule has 36 heavy (non-hydrogen) atoms. The van der Waals surface area contributed by atoms with Crippen molar-refractivity contribution < 1.29 is 49.8 Å². The third kappa shape index (κ3) is 3.67. The Bertz CT molecular complexity index is 1290. The number of halogens is 9. The number of alkyl halides is 6. The van der Waals surface area contributed by atoms with Gasteiger partial charge in [-0.15, -0.1) is 0 Å². The van der Waals surface area contributed by atoms with Crippen LogP contribution in [0.25, 0.3) is 0 Å². The van der Waals surface area contributed by atoms with E-state index in [-0.39, 0.29) is 25.3 Å². The molecule has 3 heterocycles. The molecule has 0 saturated carbocycles. The van der Waals surface area contributed by atoms with Crippen LogP contribution in [0.15, 0.2) is 35.5 Å². The molecule has 0 aliphatic carbocycles. The van der Waals surface area contributed by atoms with E-state index in [1.165, 1.54) is 18.2 Å². The van der Waals surface area contributed by atoms with Crippen molar-refractivity contribution in [3.05, 3.63) is 68.4 Å². The molecule has 1 atom stereocenters. The first-order valence-electron chi connectivity index (χ1n) is 9.98. The van der Waals surface area contributed by atoms with E-state index >= 15 is 0 Å². The van der Waals surface area contributed by atoms with E-state index < -0.39 is 57.0 Å². The largest absolute Gasteiger partial charge is 0.475 e. The van der Waals surface area contributed by atoms with Gasteiger partial charge in [-0.3, -0.25) is 4.79 Å². The van der Waals surface area contributed by atoms with E-state index in [0.717, 1.165) is 0 Å². The quantitative estimate of drug-likeness (QED) is 0.366. The Morgan fingerprint density at radius 3 is 2.25 bits per heavy atom. The Balaban J connectivity index is 1.41. The van der Waals surface area contributed by atoms with Crippen LogP contribution in [-0.2, 0) is 37.1 Å². The molecule has 1 saturated heterocycles. The summed E-state index contributed by atoms with van der Waals surface area (Å²) in [5.74, 6) is -7.16. The molecule has 0 N–H and O–H groups in total. The zero-order valence-electron chi connectivity index (χ0n) is 17.4. The molecule has 15 heteroatoms. The predicted molar refractivity (Wildman–Crippen MR) is 108 cm³/mol. The number of benzene rings is 2. The molecule has 1 fully saturated rings. The molecule has 1 spiro atoms. The summed E-state index contributed by atoms with van der Waals surface area (Å²) in [6.45, 7) is -0.734. The summed E-state index contributed by atoms with van der Waals surface area (Å²) in [7, 11) is 0. The maximum atomic E-state index is 14.1. The maximum absolute atomic E-state index is 14.1. The number of carbonyl (C=O) groups excluding carboxylic acids is 1. The van der Waals surface area contributed by atoms with Gasteiger partial charge in [0.05, 0.1) is 35.3 Å². The Labute approximate surface area is 207 Å². The van der Waals surface area contributed by atoms with Crippen molar-refractivity contribution in [2.45, 2.75) is 30.3 Å². The summed E-state index contributed by atoms with van der Waals surface area (Å²) in [6.07, 6.45) is -10.2. The van der Waals surface area contributed by atoms with Gasteiger partial charge in [-0.2, -0.15) is 26.3 Å². The summed E-state index contributed by atoms with van der Waals surface area (Å²) in [5.41, 5.74) is -0.924. The van der Waals surface area contributed by atoms with Gasteiger partial charge in [0, 0.05) is 5.56 Å². The summed E-state index contributed by atoms with van der Waals surface area (Å²) in [6, 6.07) is 5.46. The van der Waals surface area contributed by atoms with Gasteiger partial charge in [0.2, 0.25) is 0 Å². The minimum atomic E-state index is -5.20. The molecule has 0 aromatic heterocycles. The van der Waals surface area contributed by atoms with Crippen molar-refractivity contribution in [3.63, 3.8) is 0 Å². The third-order valence-corrected chi connectivity index (χ3v) is 6.55.